The highest BCUT2D eigenvalue weighted by atomic mass is 35.5. The molecule has 0 fully saturated rings. The number of rotatable bonds is 7. The van der Waals surface area contributed by atoms with E-state index in [1.807, 2.05) is 53.2 Å². The Kier molecular flexibility index (Phi) is 6.75. The van der Waals surface area contributed by atoms with Gasteiger partial charge in [-0.3, -0.25) is 4.79 Å². The summed E-state index contributed by atoms with van der Waals surface area (Å²) in [5, 5.41) is 12.7. The summed E-state index contributed by atoms with van der Waals surface area (Å²) in [5.74, 6) is -1.61. The number of nitrogens with one attached hydrogen (secondary N) is 1. The smallest absolute Gasteiger partial charge is 0.335 e. The third-order valence-electron chi connectivity index (χ3n) is 6.19. The van der Waals surface area contributed by atoms with Crippen LogP contribution in [0.15, 0.2) is 97.3 Å². The highest BCUT2D eigenvalue weighted by Crippen LogP contribution is 2.28. The van der Waals surface area contributed by atoms with E-state index in [1.54, 1.807) is 24.3 Å². The van der Waals surface area contributed by atoms with Gasteiger partial charge in [0.25, 0.3) is 5.91 Å². The first-order chi connectivity index (χ1) is 17.9. The lowest BCUT2D eigenvalue weighted by molar-refractivity contribution is 0.0696. The van der Waals surface area contributed by atoms with Crippen LogP contribution >= 0.6 is 11.6 Å². The molecule has 0 radical (unpaired) electrons. The minimum atomic E-state index is -1.00. The molecule has 0 saturated carbocycles. The van der Waals surface area contributed by atoms with Crippen LogP contribution in [0, 0.1) is 5.82 Å². The molecule has 2 aromatic heterocycles. The van der Waals surface area contributed by atoms with E-state index in [1.165, 1.54) is 24.3 Å². The van der Waals surface area contributed by atoms with Crippen molar-refractivity contribution in [3.63, 3.8) is 0 Å². The number of aromatic carboxylic acids is 1. The number of carbonyl (C=O) groups is 2. The van der Waals surface area contributed by atoms with Crippen molar-refractivity contribution in [2.75, 3.05) is 0 Å². The molecule has 0 aliphatic carbocycles. The second-order valence-electron chi connectivity index (χ2n) is 8.74. The zero-order valence-corrected chi connectivity index (χ0v) is 20.4. The molecule has 0 atom stereocenters. The van der Waals surface area contributed by atoms with Crippen LogP contribution in [-0.2, 0) is 13.0 Å². The largest absolute Gasteiger partial charge is 0.478 e. The number of fused-ring (bicyclic) bond motifs is 1. The highest BCUT2D eigenvalue weighted by Gasteiger charge is 2.17. The first-order valence-corrected chi connectivity index (χ1v) is 12.0. The van der Waals surface area contributed by atoms with Gasteiger partial charge in [0.1, 0.15) is 5.82 Å². The molecule has 2 N–H and O–H groups in total. The standard InChI is InChI=1S/C30H22ClFN2O3/c31-25-3-1-2-20(15-25)14-23-12-13-34-18-24(21-8-10-26(32)11-9-21)16-27(28(23)34)29(35)33-17-19-4-6-22(7-5-19)30(36)37/h1-13,15-16,18H,14,17H2,(H,33,35)(H,36,37). The molecule has 3 aromatic carbocycles. The minimum Gasteiger partial charge on any atom is -0.478 e. The van der Waals surface area contributed by atoms with E-state index in [0.29, 0.717) is 17.0 Å². The monoisotopic (exact) mass is 512 g/mol. The van der Waals surface area contributed by atoms with Gasteiger partial charge in [-0.05, 0) is 82.8 Å². The summed E-state index contributed by atoms with van der Waals surface area (Å²) in [6.07, 6.45) is 4.42. The first-order valence-electron chi connectivity index (χ1n) is 11.6. The summed E-state index contributed by atoms with van der Waals surface area (Å²) in [5.41, 5.74) is 5.74. The average molecular weight is 513 g/mol. The summed E-state index contributed by atoms with van der Waals surface area (Å²) in [6.45, 7) is 0.232. The second kappa shape index (κ2) is 10.3. The van der Waals surface area contributed by atoms with Gasteiger partial charge in [0.2, 0.25) is 0 Å². The normalized spacial score (nSPS) is 11.0. The first kappa shape index (κ1) is 24.3. The van der Waals surface area contributed by atoms with Crippen molar-refractivity contribution in [1.82, 2.24) is 9.72 Å². The molecule has 0 aliphatic heterocycles. The Hall–Kier alpha value is -4.42. The lowest BCUT2D eigenvalue weighted by Gasteiger charge is -2.13. The molecule has 37 heavy (non-hydrogen) atoms. The van der Waals surface area contributed by atoms with Crippen molar-refractivity contribution in [3.05, 3.63) is 136 Å². The van der Waals surface area contributed by atoms with E-state index in [2.05, 4.69) is 5.32 Å². The predicted molar refractivity (Wildman–Crippen MR) is 142 cm³/mol. The third-order valence-corrected chi connectivity index (χ3v) is 6.43. The maximum atomic E-state index is 13.5. The van der Waals surface area contributed by atoms with Crippen molar-refractivity contribution >= 4 is 29.0 Å². The molecule has 5 nitrogen and oxygen atoms in total. The third kappa shape index (κ3) is 5.39. The van der Waals surface area contributed by atoms with E-state index in [0.717, 1.165) is 33.3 Å². The minimum absolute atomic E-state index is 0.183. The number of amides is 1. The van der Waals surface area contributed by atoms with Gasteiger partial charge in [-0.1, -0.05) is 48.0 Å². The number of carboxylic acid groups (broad SMARTS) is 1. The maximum absolute atomic E-state index is 13.5. The average Bonchev–Trinajstić information content (AvgIpc) is 3.30. The molecule has 0 unspecified atom stereocenters. The van der Waals surface area contributed by atoms with Gasteiger partial charge in [0, 0.05) is 24.0 Å². The molecule has 0 aliphatic rings. The summed E-state index contributed by atoms with van der Waals surface area (Å²) in [7, 11) is 0. The number of aromatic nitrogens is 1. The zero-order valence-electron chi connectivity index (χ0n) is 19.6. The Morgan fingerprint density at radius 3 is 2.35 bits per heavy atom. The summed E-state index contributed by atoms with van der Waals surface area (Å²) in [4.78, 5) is 24.6. The van der Waals surface area contributed by atoms with Gasteiger partial charge < -0.3 is 14.8 Å². The number of pyridine rings is 1. The molecule has 5 rings (SSSR count). The van der Waals surface area contributed by atoms with Gasteiger partial charge in [-0.2, -0.15) is 0 Å². The Balaban J connectivity index is 1.52. The number of carbonyl (C=O) groups excluding carboxylic acids is 1. The topological polar surface area (TPSA) is 70.8 Å². The van der Waals surface area contributed by atoms with Crippen LogP contribution in [-0.4, -0.2) is 21.4 Å². The van der Waals surface area contributed by atoms with Gasteiger partial charge in [-0.15, -0.1) is 0 Å². The molecule has 0 saturated heterocycles. The molecule has 184 valence electrons. The quantitative estimate of drug-likeness (QED) is 0.257. The molecule has 0 bridgehead atoms. The van der Waals surface area contributed by atoms with Crippen LogP contribution < -0.4 is 5.32 Å². The van der Waals surface area contributed by atoms with Crippen LogP contribution in [0.2, 0.25) is 5.02 Å². The number of hydrogen-bond acceptors (Lipinski definition) is 2. The molecular weight excluding hydrogens is 491 g/mol. The maximum Gasteiger partial charge on any atom is 0.335 e. The van der Waals surface area contributed by atoms with Crippen LogP contribution in [0.3, 0.4) is 0 Å². The van der Waals surface area contributed by atoms with E-state index in [4.69, 9.17) is 16.7 Å². The molecule has 0 spiro atoms. The summed E-state index contributed by atoms with van der Waals surface area (Å²) >= 11 is 6.18. The lowest BCUT2D eigenvalue weighted by atomic mass is 10.0. The number of benzene rings is 3. The zero-order chi connectivity index (χ0) is 25.9. The molecule has 5 aromatic rings. The van der Waals surface area contributed by atoms with Crippen LogP contribution in [0.25, 0.3) is 16.6 Å². The highest BCUT2D eigenvalue weighted by molar-refractivity contribution is 6.30. The number of carboxylic acids is 1. The summed E-state index contributed by atoms with van der Waals surface area (Å²) in [6, 6.07) is 23.9. The summed E-state index contributed by atoms with van der Waals surface area (Å²) < 4.78 is 15.4. The van der Waals surface area contributed by atoms with E-state index in [-0.39, 0.29) is 23.8 Å². The number of hydrogen-bond donors (Lipinski definition) is 2. The Labute approximate surface area is 217 Å². The Morgan fingerprint density at radius 1 is 0.892 bits per heavy atom. The van der Waals surface area contributed by atoms with Gasteiger partial charge >= 0.3 is 5.97 Å². The Bertz CT molecular complexity index is 1610. The van der Waals surface area contributed by atoms with Crippen molar-refractivity contribution in [3.8, 4) is 11.1 Å². The van der Waals surface area contributed by atoms with Crippen LogP contribution in [0.1, 0.15) is 37.4 Å². The van der Waals surface area contributed by atoms with E-state index >= 15 is 0 Å². The SMILES string of the molecule is O=C(O)c1ccc(CNC(=O)c2cc(-c3ccc(F)cc3)cn3ccc(Cc4cccc(Cl)c4)c23)cc1. The van der Waals surface area contributed by atoms with Crippen molar-refractivity contribution in [2.24, 2.45) is 0 Å². The van der Waals surface area contributed by atoms with Gasteiger partial charge in [0.15, 0.2) is 0 Å². The van der Waals surface area contributed by atoms with Gasteiger partial charge in [0.05, 0.1) is 16.6 Å². The number of nitrogens with zero attached hydrogens (tertiary/aromatic N) is 1. The molecule has 7 heteroatoms. The molecular formula is C30H22ClFN2O3. The predicted octanol–water partition coefficient (Wildman–Crippen LogP) is 6.62. The van der Waals surface area contributed by atoms with Gasteiger partial charge in [-0.25, -0.2) is 9.18 Å². The van der Waals surface area contributed by atoms with E-state index in [9.17, 15) is 14.0 Å². The van der Waals surface area contributed by atoms with E-state index < -0.39 is 5.97 Å². The fraction of sp³-hybridized carbons (Fsp3) is 0.0667. The van der Waals surface area contributed by atoms with Crippen molar-refractivity contribution in [2.45, 2.75) is 13.0 Å². The fourth-order valence-corrected chi connectivity index (χ4v) is 4.56. The Morgan fingerprint density at radius 2 is 1.65 bits per heavy atom. The fourth-order valence-electron chi connectivity index (χ4n) is 4.35. The molecule has 1 amide bonds. The lowest BCUT2D eigenvalue weighted by Crippen LogP contribution is -2.23. The van der Waals surface area contributed by atoms with Crippen LogP contribution in [0.4, 0.5) is 4.39 Å². The van der Waals surface area contributed by atoms with Crippen molar-refractivity contribution in [1.29, 1.82) is 0 Å². The second-order valence-corrected chi connectivity index (χ2v) is 9.17. The molecule has 2 heterocycles. The van der Waals surface area contributed by atoms with Crippen molar-refractivity contribution < 1.29 is 19.1 Å². The van der Waals surface area contributed by atoms with Crippen LogP contribution in [0.5, 0.6) is 0 Å². The number of halogens is 2.